The summed E-state index contributed by atoms with van der Waals surface area (Å²) in [6.45, 7) is 6.76. The molecule has 0 aromatic rings. The lowest BCUT2D eigenvalue weighted by Crippen LogP contribution is -2.45. The molecular formula is C8H18N2. The monoisotopic (exact) mass is 142 g/mol. The largest absolute Gasteiger partial charge is 0.315 e. The van der Waals surface area contributed by atoms with E-state index in [0.29, 0.717) is 12.1 Å². The first-order chi connectivity index (χ1) is 4.79. The standard InChI is InChI=1S/C8H18N2/c1-7(2)10-8-4-3-5-9-6-8/h7-10H,3-6H2,1-2H3/t8-/m0/s1. The number of hydrogen-bond donors (Lipinski definition) is 2. The van der Waals surface area contributed by atoms with Crippen LogP contribution in [0.5, 0.6) is 0 Å². The first-order valence-corrected chi connectivity index (χ1v) is 4.26. The summed E-state index contributed by atoms with van der Waals surface area (Å²) in [6.07, 6.45) is 2.66. The third-order valence-electron chi connectivity index (χ3n) is 1.87. The average molecular weight is 142 g/mol. The van der Waals surface area contributed by atoms with Gasteiger partial charge in [0.1, 0.15) is 0 Å². The number of piperidine rings is 1. The minimum atomic E-state index is 0.630. The molecule has 0 unspecified atom stereocenters. The molecule has 1 aliphatic heterocycles. The van der Waals surface area contributed by atoms with E-state index in [1.54, 1.807) is 0 Å². The molecule has 1 aliphatic rings. The van der Waals surface area contributed by atoms with Crippen molar-refractivity contribution in [2.24, 2.45) is 0 Å². The maximum absolute atomic E-state index is 3.52. The highest BCUT2D eigenvalue weighted by atomic mass is 15.0. The Morgan fingerprint density at radius 1 is 1.50 bits per heavy atom. The summed E-state index contributed by atoms with van der Waals surface area (Å²) in [6, 6.07) is 1.35. The van der Waals surface area contributed by atoms with E-state index in [-0.39, 0.29) is 0 Å². The van der Waals surface area contributed by atoms with Crippen LogP contribution in [0, 0.1) is 0 Å². The van der Waals surface area contributed by atoms with Crippen LogP contribution < -0.4 is 10.6 Å². The van der Waals surface area contributed by atoms with Crippen LogP contribution in [0.2, 0.25) is 0 Å². The summed E-state index contributed by atoms with van der Waals surface area (Å²) in [5, 5.41) is 6.90. The third-order valence-corrected chi connectivity index (χ3v) is 1.87. The summed E-state index contributed by atoms with van der Waals surface area (Å²) in [5.41, 5.74) is 0. The van der Waals surface area contributed by atoms with E-state index in [4.69, 9.17) is 0 Å². The Morgan fingerprint density at radius 3 is 2.80 bits per heavy atom. The van der Waals surface area contributed by atoms with Crippen molar-refractivity contribution in [3.05, 3.63) is 0 Å². The van der Waals surface area contributed by atoms with Crippen LogP contribution >= 0.6 is 0 Å². The zero-order valence-electron chi connectivity index (χ0n) is 6.98. The second-order valence-electron chi connectivity index (χ2n) is 3.36. The van der Waals surface area contributed by atoms with E-state index in [0.717, 1.165) is 6.54 Å². The van der Waals surface area contributed by atoms with Gasteiger partial charge in [0.25, 0.3) is 0 Å². The van der Waals surface area contributed by atoms with Gasteiger partial charge in [0.05, 0.1) is 0 Å². The SMILES string of the molecule is CC(C)N[C@H]1CCCNC1. The Bertz CT molecular complexity index is 85.3. The highest BCUT2D eigenvalue weighted by Gasteiger charge is 2.12. The van der Waals surface area contributed by atoms with Gasteiger partial charge in [0.2, 0.25) is 0 Å². The predicted molar refractivity (Wildman–Crippen MR) is 44.2 cm³/mol. The van der Waals surface area contributed by atoms with Crippen LogP contribution in [0.15, 0.2) is 0 Å². The third kappa shape index (κ3) is 2.67. The van der Waals surface area contributed by atoms with Gasteiger partial charge in [0, 0.05) is 18.6 Å². The Labute approximate surface area is 63.4 Å². The Kier molecular flexibility index (Phi) is 3.16. The van der Waals surface area contributed by atoms with Crippen LogP contribution in [-0.4, -0.2) is 25.2 Å². The fourth-order valence-corrected chi connectivity index (χ4v) is 1.47. The molecule has 0 spiro atoms. The molecule has 1 fully saturated rings. The predicted octanol–water partition coefficient (Wildman–Crippen LogP) is 0.736. The van der Waals surface area contributed by atoms with Gasteiger partial charge in [-0.05, 0) is 19.4 Å². The van der Waals surface area contributed by atoms with E-state index < -0.39 is 0 Å². The zero-order chi connectivity index (χ0) is 7.40. The Morgan fingerprint density at radius 2 is 2.30 bits per heavy atom. The lowest BCUT2D eigenvalue weighted by molar-refractivity contribution is 0.367. The normalized spacial score (nSPS) is 27.3. The molecule has 0 bridgehead atoms. The minimum Gasteiger partial charge on any atom is -0.315 e. The molecule has 1 saturated heterocycles. The molecule has 0 aromatic carbocycles. The van der Waals surface area contributed by atoms with Gasteiger partial charge in [-0.2, -0.15) is 0 Å². The van der Waals surface area contributed by atoms with Crippen LogP contribution in [0.1, 0.15) is 26.7 Å². The summed E-state index contributed by atoms with van der Waals surface area (Å²) in [4.78, 5) is 0. The lowest BCUT2D eigenvalue weighted by atomic mass is 10.1. The number of rotatable bonds is 2. The van der Waals surface area contributed by atoms with Gasteiger partial charge in [-0.1, -0.05) is 13.8 Å². The first-order valence-electron chi connectivity index (χ1n) is 4.26. The fraction of sp³-hybridized carbons (Fsp3) is 1.00. The van der Waals surface area contributed by atoms with Gasteiger partial charge in [-0.25, -0.2) is 0 Å². The van der Waals surface area contributed by atoms with E-state index in [2.05, 4.69) is 24.5 Å². The van der Waals surface area contributed by atoms with Crippen molar-refractivity contribution >= 4 is 0 Å². The highest BCUT2D eigenvalue weighted by molar-refractivity contribution is 4.75. The maximum atomic E-state index is 3.52. The molecule has 0 radical (unpaired) electrons. The van der Waals surface area contributed by atoms with E-state index >= 15 is 0 Å². The van der Waals surface area contributed by atoms with Gasteiger partial charge >= 0.3 is 0 Å². The molecule has 60 valence electrons. The molecule has 2 heteroatoms. The van der Waals surface area contributed by atoms with Crippen molar-refractivity contribution in [1.82, 2.24) is 10.6 Å². The molecule has 10 heavy (non-hydrogen) atoms. The van der Waals surface area contributed by atoms with Crippen molar-refractivity contribution in [3.63, 3.8) is 0 Å². The molecule has 0 saturated carbocycles. The molecule has 1 heterocycles. The Hall–Kier alpha value is -0.0800. The van der Waals surface area contributed by atoms with Crippen molar-refractivity contribution in [2.75, 3.05) is 13.1 Å². The summed E-state index contributed by atoms with van der Waals surface area (Å²) < 4.78 is 0. The summed E-state index contributed by atoms with van der Waals surface area (Å²) >= 11 is 0. The second-order valence-corrected chi connectivity index (χ2v) is 3.36. The molecule has 0 aromatic heterocycles. The van der Waals surface area contributed by atoms with E-state index in [9.17, 15) is 0 Å². The zero-order valence-corrected chi connectivity index (χ0v) is 6.98. The van der Waals surface area contributed by atoms with Crippen LogP contribution in [0.25, 0.3) is 0 Å². The first kappa shape index (κ1) is 8.02. The van der Waals surface area contributed by atoms with Crippen molar-refractivity contribution in [3.8, 4) is 0 Å². The van der Waals surface area contributed by atoms with E-state index in [1.165, 1.54) is 19.4 Å². The average Bonchev–Trinajstić information content (AvgIpc) is 1.88. The Balaban J connectivity index is 2.13. The lowest BCUT2D eigenvalue weighted by Gasteiger charge is -2.25. The van der Waals surface area contributed by atoms with Gasteiger partial charge < -0.3 is 10.6 Å². The summed E-state index contributed by atoms with van der Waals surface area (Å²) in [5.74, 6) is 0. The minimum absolute atomic E-state index is 0.630. The molecule has 1 atom stereocenters. The van der Waals surface area contributed by atoms with Crippen molar-refractivity contribution in [2.45, 2.75) is 38.8 Å². The number of hydrogen-bond acceptors (Lipinski definition) is 2. The quantitative estimate of drug-likeness (QED) is 0.594. The van der Waals surface area contributed by atoms with Crippen molar-refractivity contribution < 1.29 is 0 Å². The van der Waals surface area contributed by atoms with Gasteiger partial charge in [-0.15, -0.1) is 0 Å². The number of nitrogens with one attached hydrogen (secondary N) is 2. The topological polar surface area (TPSA) is 24.1 Å². The molecular weight excluding hydrogens is 124 g/mol. The van der Waals surface area contributed by atoms with Crippen LogP contribution in [0.3, 0.4) is 0 Å². The van der Waals surface area contributed by atoms with Gasteiger partial charge in [-0.3, -0.25) is 0 Å². The van der Waals surface area contributed by atoms with Crippen LogP contribution in [0.4, 0.5) is 0 Å². The van der Waals surface area contributed by atoms with Gasteiger partial charge in [0.15, 0.2) is 0 Å². The molecule has 0 amide bonds. The highest BCUT2D eigenvalue weighted by Crippen LogP contribution is 2.01. The van der Waals surface area contributed by atoms with Crippen molar-refractivity contribution in [1.29, 1.82) is 0 Å². The molecule has 0 aliphatic carbocycles. The molecule has 2 N–H and O–H groups in total. The molecule has 2 nitrogen and oxygen atoms in total. The van der Waals surface area contributed by atoms with E-state index in [1.807, 2.05) is 0 Å². The maximum Gasteiger partial charge on any atom is 0.0195 e. The molecule has 1 rings (SSSR count). The van der Waals surface area contributed by atoms with Crippen LogP contribution in [-0.2, 0) is 0 Å². The smallest absolute Gasteiger partial charge is 0.0195 e. The fourth-order valence-electron chi connectivity index (χ4n) is 1.47. The summed E-state index contributed by atoms with van der Waals surface area (Å²) in [7, 11) is 0. The second kappa shape index (κ2) is 3.94.